The molecule has 0 saturated carbocycles. The van der Waals surface area contributed by atoms with Crippen molar-refractivity contribution in [3.8, 4) is 11.5 Å². The van der Waals surface area contributed by atoms with Crippen molar-refractivity contribution in [3.05, 3.63) is 18.2 Å². The lowest BCUT2D eigenvalue weighted by Gasteiger charge is -2.13. The van der Waals surface area contributed by atoms with E-state index < -0.39 is 24.6 Å². The van der Waals surface area contributed by atoms with E-state index in [0.717, 1.165) is 0 Å². The smallest absolute Gasteiger partial charge is 0.334 e. The number of carbonyl (C=O) groups excluding carboxylic acids is 1. The fourth-order valence-electron chi connectivity index (χ4n) is 1.34. The molecule has 0 fully saturated rings. The van der Waals surface area contributed by atoms with Crippen LogP contribution in [0, 0.1) is 0 Å². The summed E-state index contributed by atoms with van der Waals surface area (Å²) < 4.78 is 10.1. The van der Waals surface area contributed by atoms with Crippen LogP contribution in [0.2, 0.25) is 0 Å². The molecule has 0 heterocycles. The van der Waals surface area contributed by atoms with E-state index in [0.29, 0.717) is 17.2 Å². The summed E-state index contributed by atoms with van der Waals surface area (Å²) >= 11 is 0. The highest BCUT2D eigenvalue weighted by molar-refractivity contribution is 5.91. The number of methoxy groups -OCH3 is 2. The molecule has 0 aromatic heterocycles. The number of carbonyl (C=O) groups is 2. The number of rotatable bonds is 6. The molecular weight excluding hydrogens is 268 g/mol. The summed E-state index contributed by atoms with van der Waals surface area (Å²) in [6, 6.07) is 4.13. The van der Waals surface area contributed by atoms with E-state index in [1.165, 1.54) is 14.2 Å². The van der Waals surface area contributed by atoms with Crippen LogP contribution in [-0.4, -0.2) is 49.1 Å². The highest BCUT2D eigenvalue weighted by Crippen LogP contribution is 2.28. The van der Waals surface area contributed by atoms with Crippen LogP contribution in [0.1, 0.15) is 0 Å². The normalized spacial score (nSPS) is 11.3. The van der Waals surface area contributed by atoms with E-state index in [9.17, 15) is 9.59 Å². The quantitative estimate of drug-likeness (QED) is 0.595. The summed E-state index contributed by atoms with van der Waals surface area (Å²) in [5.41, 5.74) is 0.385. The molecule has 0 aliphatic rings. The number of benzene rings is 1. The third-order valence-electron chi connectivity index (χ3n) is 2.40. The van der Waals surface area contributed by atoms with E-state index >= 15 is 0 Å². The Kier molecular flexibility index (Phi) is 5.60. The van der Waals surface area contributed by atoms with Crippen LogP contribution >= 0.6 is 0 Å². The zero-order chi connectivity index (χ0) is 15.1. The lowest BCUT2D eigenvalue weighted by atomic mass is 10.2. The van der Waals surface area contributed by atoms with Crippen molar-refractivity contribution in [2.24, 2.45) is 0 Å². The number of aliphatic carboxylic acids is 1. The molecule has 1 rings (SSSR count). The SMILES string of the molecule is COc1ccc(NC(=O)NC[C@H](O)C(=O)O)c(OC)c1. The standard InChI is InChI=1S/C12H16N2O6/c1-19-7-3-4-8(10(5-7)20-2)14-12(18)13-6-9(15)11(16)17/h3-5,9,15H,6H2,1-2H3,(H,16,17)(H2,13,14,18)/t9-/m0/s1. The molecule has 4 N–H and O–H groups in total. The van der Waals surface area contributed by atoms with Gasteiger partial charge in [0.1, 0.15) is 11.5 Å². The Hall–Kier alpha value is -2.48. The van der Waals surface area contributed by atoms with E-state index in [2.05, 4.69) is 10.6 Å². The van der Waals surface area contributed by atoms with Gasteiger partial charge in [0.25, 0.3) is 0 Å². The minimum Gasteiger partial charge on any atom is -0.497 e. The van der Waals surface area contributed by atoms with E-state index in [1.54, 1.807) is 18.2 Å². The van der Waals surface area contributed by atoms with Gasteiger partial charge in [-0.2, -0.15) is 0 Å². The lowest BCUT2D eigenvalue weighted by molar-refractivity contribution is -0.146. The van der Waals surface area contributed by atoms with E-state index in [-0.39, 0.29) is 0 Å². The lowest BCUT2D eigenvalue weighted by Crippen LogP contribution is -2.38. The predicted octanol–water partition coefficient (Wildman–Crippen LogP) is 0.271. The van der Waals surface area contributed by atoms with Gasteiger partial charge in [-0.05, 0) is 12.1 Å². The molecule has 0 aliphatic carbocycles. The van der Waals surface area contributed by atoms with Gasteiger partial charge in [-0.3, -0.25) is 0 Å². The van der Waals surface area contributed by atoms with Crippen LogP contribution in [0.4, 0.5) is 10.5 Å². The van der Waals surface area contributed by atoms with Crippen LogP contribution in [-0.2, 0) is 4.79 Å². The Morgan fingerprint density at radius 3 is 2.55 bits per heavy atom. The first kappa shape index (κ1) is 15.6. The van der Waals surface area contributed by atoms with Gasteiger partial charge in [-0.15, -0.1) is 0 Å². The molecule has 20 heavy (non-hydrogen) atoms. The predicted molar refractivity (Wildman–Crippen MR) is 70.2 cm³/mol. The molecular formula is C12H16N2O6. The molecule has 1 aromatic carbocycles. The van der Waals surface area contributed by atoms with Crippen molar-refractivity contribution in [1.82, 2.24) is 5.32 Å². The molecule has 8 heteroatoms. The summed E-state index contributed by atoms with van der Waals surface area (Å²) in [7, 11) is 2.94. The fourth-order valence-corrected chi connectivity index (χ4v) is 1.34. The summed E-state index contributed by atoms with van der Waals surface area (Å²) in [6.07, 6.45) is -1.65. The number of ether oxygens (including phenoxy) is 2. The fraction of sp³-hybridized carbons (Fsp3) is 0.333. The molecule has 0 bridgehead atoms. The van der Waals surface area contributed by atoms with Crippen molar-refractivity contribution < 1.29 is 29.3 Å². The molecule has 1 aromatic rings. The van der Waals surface area contributed by atoms with Crippen LogP contribution < -0.4 is 20.1 Å². The van der Waals surface area contributed by atoms with Crippen LogP contribution in [0.5, 0.6) is 11.5 Å². The van der Waals surface area contributed by atoms with Crippen molar-refractivity contribution in [3.63, 3.8) is 0 Å². The van der Waals surface area contributed by atoms with Crippen molar-refractivity contribution in [1.29, 1.82) is 0 Å². The summed E-state index contributed by atoms with van der Waals surface area (Å²) in [5.74, 6) is -0.459. The van der Waals surface area contributed by atoms with E-state index in [1.807, 2.05) is 0 Å². The Balaban J connectivity index is 2.64. The second-order valence-electron chi connectivity index (χ2n) is 3.76. The first-order valence-electron chi connectivity index (χ1n) is 5.65. The molecule has 0 aliphatic heterocycles. The summed E-state index contributed by atoms with van der Waals surface area (Å²) in [4.78, 5) is 21.9. The van der Waals surface area contributed by atoms with Gasteiger partial charge in [0.15, 0.2) is 6.10 Å². The number of hydrogen-bond donors (Lipinski definition) is 4. The Morgan fingerprint density at radius 1 is 1.30 bits per heavy atom. The number of urea groups is 1. The number of aliphatic hydroxyl groups is 1. The molecule has 1 atom stereocenters. The number of amides is 2. The van der Waals surface area contributed by atoms with E-state index in [4.69, 9.17) is 19.7 Å². The Labute approximate surface area is 115 Å². The minimum absolute atomic E-state index is 0.385. The van der Waals surface area contributed by atoms with Gasteiger partial charge in [0.2, 0.25) is 0 Å². The topological polar surface area (TPSA) is 117 Å². The first-order chi connectivity index (χ1) is 9.47. The molecule has 0 saturated heterocycles. The number of aliphatic hydroxyl groups excluding tert-OH is 1. The van der Waals surface area contributed by atoms with Crippen molar-refractivity contribution in [2.45, 2.75) is 6.10 Å². The van der Waals surface area contributed by atoms with Gasteiger partial charge in [0, 0.05) is 6.07 Å². The number of carboxylic acids is 1. The minimum atomic E-state index is -1.65. The average Bonchev–Trinajstić information content (AvgIpc) is 2.44. The zero-order valence-electron chi connectivity index (χ0n) is 11.0. The number of carboxylic acid groups (broad SMARTS) is 1. The van der Waals surface area contributed by atoms with Gasteiger partial charge >= 0.3 is 12.0 Å². The number of nitrogens with one attached hydrogen (secondary N) is 2. The number of anilines is 1. The second kappa shape index (κ2) is 7.19. The molecule has 2 amide bonds. The second-order valence-corrected chi connectivity index (χ2v) is 3.76. The maximum absolute atomic E-state index is 11.5. The van der Waals surface area contributed by atoms with Crippen LogP contribution in [0.15, 0.2) is 18.2 Å². The molecule has 0 unspecified atom stereocenters. The first-order valence-corrected chi connectivity index (χ1v) is 5.65. The Morgan fingerprint density at radius 2 is 2.00 bits per heavy atom. The van der Waals surface area contributed by atoms with Gasteiger partial charge in [0.05, 0.1) is 26.5 Å². The van der Waals surface area contributed by atoms with Crippen LogP contribution in [0.25, 0.3) is 0 Å². The maximum atomic E-state index is 11.5. The Bertz CT molecular complexity index is 491. The van der Waals surface area contributed by atoms with Gasteiger partial charge < -0.3 is 30.3 Å². The monoisotopic (exact) mass is 284 g/mol. The summed E-state index contributed by atoms with van der Waals surface area (Å²) in [6.45, 7) is -0.403. The average molecular weight is 284 g/mol. The third kappa shape index (κ3) is 4.32. The van der Waals surface area contributed by atoms with Crippen molar-refractivity contribution in [2.75, 3.05) is 26.1 Å². The molecule has 110 valence electrons. The largest absolute Gasteiger partial charge is 0.497 e. The van der Waals surface area contributed by atoms with Crippen LogP contribution in [0.3, 0.4) is 0 Å². The summed E-state index contributed by atoms with van der Waals surface area (Å²) in [5, 5.41) is 22.2. The molecule has 0 spiro atoms. The molecule has 0 radical (unpaired) electrons. The van der Waals surface area contributed by atoms with Crippen molar-refractivity contribution >= 4 is 17.7 Å². The zero-order valence-corrected chi connectivity index (χ0v) is 11.0. The van der Waals surface area contributed by atoms with Gasteiger partial charge in [-0.1, -0.05) is 0 Å². The maximum Gasteiger partial charge on any atom is 0.334 e. The van der Waals surface area contributed by atoms with Gasteiger partial charge in [-0.25, -0.2) is 9.59 Å². The number of hydrogen-bond acceptors (Lipinski definition) is 5. The highest BCUT2D eigenvalue weighted by Gasteiger charge is 2.15. The molecule has 8 nitrogen and oxygen atoms in total. The third-order valence-corrected chi connectivity index (χ3v) is 2.40. The highest BCUT2D eigenvalue weighted by atomic mass is 16.5.